The van der Waals surface area contributed by atoms with Crippen molar-refractivity contribution in [3.8, 4) is 0 Å². The zero-order valence-corrected chi connectivity index (χ0v) is 15.4. The Labute approximate surface area is 154 Å². The highest BCUT2D eigenvalue weighted by molar-refractivity contribution is 5.47. The Balaban J connectivity index is 1.25. The quantitative estimate of drug-likeness (QED) is 0.836. The Morgan fingerprint density at radius 1 is 0.962 bits per heavy atom. The van der Waals surface area contributed by atoms with Crippen LogP contribution in [0.1, 0.15) is 50.3 Å². The first-order valence-electron chi connectivity index (χ1n) is 10.2. The molecule has 3 saturated heterocycles. The van der Waals surface area contributed by atoms with Gasteiger partial charge in [0, 0.05) is 32.2 Å². The van der Waals surface area contributed by atoms with Crippen LogP contribution in [0.25, 0.3) is 5.65 Å². The number of ether oxygens (including phenoxy) is 1. The number of hydrogen-bond donors (Lipinski definition) is 0. The molecular weight excluding hydrogens is 328 g/mol. The molecule has 0 aromatic carbocycles. The molecule has 0 amide bonds. The van der Waals surface area contributed by atoms with E-state index >= 15 is 0 Å². The molecule has 7 nitrogen and oxygen atoms in total. The number of aromatic nitrogens is 4. The highest BCUT2D eigenvalue weighted by Gasteiger charge is 2.27. The van der Waals surface area contributed by atoms with E-state index < -0.39 is 0 Å². The zero-order valence-electron chi connectivity index (χ0n) is 15.4. The van der Waals surface area contributed by atoms with Crippen molar-refractivity contribution < 1.29 is 4.74 Å². The van der Waals surface area contributed by atoms with Crippen LogP contribution in [-0.4, -0.2) is 70.1 Å². The van der Waals surface area contributed by atoms with E-state index in [0.717, 1.165) is 69.5 Å². The third-order valence-electron chi connectivity index (χ3n) is 6.14. The fraction of sp³-hybridized carbons (Fsp3) is 0.737. The summed E-state index contributed by atoms with van der Waals surface area (Å²) in [6.07, 6.45) is 7.72. The van der Waals surface area contributed by atoms with Crippen LogP contribution in [0.3, 0.4) is 0 Å². The molecule has 1 unspecified atom stereocenters. The van der Waals surface area contributed by atoms with E-state index in [1.165, 1.54) is 25.7 Å². The normalized spacial score (nSPS) is 25.5. The van der Waals surface area contributed by atoms with Gasteiger partial charge >= 0.3 is 0 Å². The summed E-state index contributed by atoms with van der Waals surface area (Å²) < 4.78 is 7.89. The van der Waals surface area contributed by atoms with E-state index in [2.05, 4.69) is 26.1 Å². The van der Waals surface area contributed by atoms with Gasteiger partial charge in [0.25, 0.3) is 0 Å². The largest absolute Gasteiger partial charge is 0.377 e. The van der Waals surface area contributed by atoms with Crippen molar-refractivity contribution in [1.29, 1.82) is 0 Å². The van der Waals surface area contributed by atoms with Crippen LogP contribution in [-0.2, 0) is 4.74 Å². The molecule has 26 heavy (non-hydrogen) atoms. The fourth-order valence-electron chi connectivity index (χ4n) is 4.38. The van der Waals surface area contributed by atoms with Gasteiger partial charge in [-0.3, -0.25) is 0 Å². The van der Waals surface area contributed by atoms with Crippen molar-refractivity contribution in [1.82, 2.24) is 24.7 Å². The Hall–Kier alpha value is -1.73. The number of anilines is 1. The second-order valence-electron chi connectivity index (χ2n) is 7.92. The van der Waals surface area contributed by atoms with Gasteiger partial charge in [0.2, 0.25) is 0 Å². The summed E-state index contributed by atoms with van der Waals surface area (Å²) in [6.45, 7) is 6.48. The number of fused-ring (bicyclic) bond motifs is 1. The van der Waals surface area contributed by atoms with Crippen LogP contribution in [0.4, 0.5) is 5.82 Å². The lowest BCUT2D eigenvalue weighted by Gasteiger charge is -2.34. The van der Waals surface area contributed by atoms with Crippen LogP contribution >= 0.6 is 0 Å². The maximum Gasteiger partial charge on any atom is 0.178 e. The number of rotatable bonds is 4. The highest BCUT2D eigenvalue weighted by atomic mass is 16.5. The van der Waals surface area contributed by atoms with Gasteiger partial charge in [-0.1, -0.05) is 0 Å². The topological polar surface area (TPSA) is 58.8 Å². The molecule has 2 aromatic rings. The first-order chi connectivity index (χ1) is 12.9. The van der Waals surface area contributed by atoms with Gasteiger partial charge in [0.1, 0.15) is 5.82 Å². The summed E-state index contributed by atoms with van der Waals surface area (Å²) in [7, 11) is 0. The van der Waals surface area contributed by atoms with Gasteiger partial charge in [-0.25, -0.2) is 0 Å². The second-order valence-corrected chi connectivity index (χ2v) is 7.92. The molecule has 0 N–H and O–H groups in total. The first kappa shape index (κ1) is 16.4. The molecule has 0 radical (unpaired) electrons. The lowest BCUT2D eigenvalue weighted by atomic mass is 9.95. The summed E-state index contributed by atoms with van der Waals surface area (Å²) in [5.41, 5.74) is 0.863. The summed E-state index contributed by atoms with van der Waals surface area (Å²) >= 11 is 0. The van der Waals surface area contributed by atoms with Crippen LogP contribution in [0.15, 0.2) is 12.1 Å². The predicted octanol–water partition coefficient (Wildman–Crippen LogP) is 2.08. The molecule has 1 atom stereocenters. The molecule has 0 aliphatic carbocycles. The average molecular weight is 356 g/mol. The van der Waals surface area contributed by atoms with E-state index in [9.17, 15) is 0 Å². The van der Waals surface area contributed by atoms with Crippen molar-refractivity contribution in [2.24, 2.45) is 0 Å². The van der Waals surface area contributed by atoms with Gasteiger partial charge in [-0.05, 0) is 63.7 Å². The number of hydrogen-bond acceptors (Lipinski definition) is 6. The lowest BCUT2D eigenvalue weighted by molar-refractivity contribution is -0.00965. The number of nitrogens with zero attached hydrogens (tertiary/aromatic N) is 6. The summed E-state index contributed by atoms with van der Waals surface area (Å²) in [5, 5.41) is 13.7. The first-order valence-corrected chi connectivity index (χ1v) is 10.2. The third kappa shape index (κ3) is 3.18. The molecule has 0 saturated carbocycles. The Kier molecular flexibility index (Phi) is 4.50. The van der Waals surface area contributed by atoms with E-state index in [1.807, 2.05) is 10.6 Å². The van der Waals surface area contributed by atoms with Crippen molar-refractivity contribution >= 4 is 11.5 Å². The molecule has 5 heterocycles. The molecule has 0 spiro atoms. The fourth-order valence-corrected chi connectivity index (χ4v) is 4.38. The van der Waals surface area contributed by atoms with Crippen LogP contribution in [0.5, 0.6) is 0 Å². The van der Waals surface area contributed by atoms with E-state index in [1.54, 1.807) is 0 Å². The molecule has 3 aliphatic rings. The van der Waals surface area contributed by atoms with Gasteiger partial charge in [-0.15, -0.1) is 15.3 Å². The molecule has 5 rings (SSSR count). The van der Waals surface area contributed by atoms with E-state index in [0.29, 0.717) is 12.0 Å². The SMILES string of the molecule is c1cc2nnc(C3CCN(CC4CCCCO4)CC3)n2nc1N1CCC1. The second kappa shape index (κ2) is 7.12. The number of likely N-dealkylation sites (tertiary alicyclic amines) is 1. The lowest BCUT2D eigenvalue weighted by Crippen LogP contribution is -2.40. The molecule has 7 heteroatoms. The number of piperidine rings is 1. The third-order valence-corrected chi connectivity index (χ3v) is 6.14. The van der Waals surface area contributed by atoms with Crippen molar-refractivity contribution in [2.45, 2.75) is 50.5 Å². The Bertz CT molecular complexity index is 744. The predicted molar refractivity (Wildman–Crippen MR) is 99.6 cm³/mol. The minimum absolute atomic E-state index is 0.440. The zero-order chi connectivity index (χ0) is 17.3. The van der Waals surface area contributed by atoms with Gasteiger partial charge < -0.3 is 14.5 Å². The molecule has 0 bridgehead atoms. The van der Waals surface area contributed by atoms with Gasteiger partial charge in [0.15, 0.2) is 11.5 Å². The molecule has 3 aliphatic heterocycles. The maximum atomic E-state index is 5.91. The molecule has 140 valence electrons. The van der Waals surface area contributed by atoms with Crippen LogP contribution in [0.2, 0.25) is 0 Å². The van der Waals surface area contributed by atoms with Crippen molar-refractivity contribution in [3.05, 3.63) is 18.0 Å². The van der Waals surface area contributed by atoms with Crippen molar-refractivity contribution in [3.63, 3.8) is 0 Å². The van der Waals surface area contributed by atoms with Gasteiger partial charge in [-0.2, -0.15) is 4.52 Å². The average Bonchev–Trinajstić information content (AvgIpc) is 3.05. The Morgan fingerprint density at radius 3 is 2.58 bits per heavy atom. The van der Waals surface area contributed by atoms with Crippen LogP contribution < -0.4 is 4.90 Å². The minimum Gasteiger partial charge on any atom is -0.377 e. The van der Waals surface area contributed by atoms with Crippen molar-refractivity contribution in [2.75, 3.05) is 44.2 Å². The standard InChI is InChI=1S/C19H28N6O/c1-2-13-26-16(4-1)14-23-11-7-15(8-12-23)19-21-20-17-5-6-18(22-25(17)19)24-9-3-10-24/h5-6,15-16H,1-4,7-14H2. The molecular formula is C19H28N6O. The smallest absolute Gasteiger partial charge is 0.178 e. The van der Waals surface area contributed by atoms with E-state index in [-0.39, 0.29) is 0 Å². The summed E-state index contributed by atoms with van der Waals surface area (Å²) in [4.78, 5) is 4.88. The Morgan fingerprint density at radius 2 is 1.85 bits per heavy atom. The van der Waals surface area contributed by atoms with Gasteiger partial charge in [0.05, 0.1) is 6.10 Å². The molecule has 3 fully saturated rings. The monoisotopic (exact) mass is 356 g/mol. The minimum atomic E-state index is 0.440. The maximum absolute atomic E-state index is 5.91. The highest BCUT2D eigenvalue weighted by Crippen LogP contribution is 2.28. The summed E-state index contributed by atoms with van der Waals surface area (Å²) in [5.74, 6) is 2.54. The molecule has 2 aromatic heterocycles. The summed E-state index contributed by atoms with van der Waals surface area (Å²) in [6, 6.07) is 4.12. The van der Waals surface area contributed by atoms with E-state index in [4.69, 9.17) is 9.84 Å². The van der Waals surface area contributed by atoms with Crippen LogP contribution in [0, 0.1) is 0 Å².